The third kappa shape index (κ3) is 3.94. The summed E-state index contributed by atoms with van der Waals surface area (Å²) in [7, 11) is 1.90. The van der Waals surface area contributed by atoms with E-state index >= 15 is 0 Å². The molecule has 0 fully saturated rings. The fourth-order valence-electron chi connectivity index (χ4n) is 2.03. The van der Waals surface area contributed by atoms with E-state index in [1.54, 1.807) is 11.3 Å². The Morgan fingerprint density at radius 2 is 1.90 bits per heavy atom. The molecule has 0 aliphatic carbocycles. The lowest BCUT2D eigenvalue weighted by molar-refractivity contribution is 0.546. The van der Waals surface area contributed by atoms with Gasteiger partial charge >= 0.3 is 0 Å². The Kier molecular flexibility index (Phi) is 4.83. The van der Waals surface area contributed by atoms with E-state index in [1.807, 2.05) is 14.0 Å². The minimum absolute atomic E-state index is 0.0664. The average molecular weight is 304 g/mol. The van der Waals surface area contributed by atoms with Gasteiger partial charge in [0.25, 0.3) is 0 Å². The largest absolute Gasteiger partial charge is 0.373 e. The molecule has 2 heterocycles. The monoisotopic (exact) mass is 304 g/mol. The highest BCUT2D eigenvalue weighted by Gasteiger charge is 2.20. The first-order valence-electron chi connectivity index (χ1n) is 7.23. The van der Waals surface area contributed by atoms with Gasteiger partial charge < -0.3 is 10.6 Å². The molecule has 0 aromatic carbocycles. The van der Waals surface area contributed by atoms with Gasteiger partial charge in [0.15, 0.2) is 0 Å². The van der Waals surface area contributed by atoms with Crippen molar-refractivity contribution in [1.82, 2.24) is 9.97 Å². The predicted molar refractivity (Wildman–Crippen MR) is 91.5 cm³/mol. The van der Waals surface area contributed by atoms with E-state index in [0.717, 1.165) is 36.0 Å². The van der Waals surface area contributed by atoms with Crippen molar-refractivity contribution in [2.75, 3.05) is 24.2 Å². The molecule has 0 aliphatic rings. The summed E-state index contributed by atoms with van der Waals surface area (Å²) in [6.45, 7) is 9.32. The maximum atomic E-state index is 4.71. The number of nitrogens with zero attached hydrogens (tertiary/aromatic N) is 2. The molecule has 0 saturated carbocycles. The van der Waals surface area contributed by atoms with E-state index in [4.69, 9.17) is 4.98 Å². The highest BCUT2D eigenvalue weighted by Crippen LogP contribution is 2.26. The van der Waals surface area contributed by atoms with Crippen LogP contribution in [0.3, 0.4) is 0 Å². The molecule has 0 atom stereocenters. The second-order valence-corrected chi connectivity index (χ2v) is 6.96. The van der Waals surface area contributed by atoms with Gasteiger partial charge in [-0.15, -0.1) is 0 Å². The van der Waals surface area contributed by atoms with Gasteiger partial charge in [-0.1, -0.05) is 20.8 Å². The zero-order valence-corrected chi connectivity index (χ0v) is 14.3. The van der Waals surface area contributed by atoms with E-state index < -0.39 is 0 Å². The van der Waals surface area contributed by atoms with E-state index in [9.17, 15) is 0 Å². The highest BCUT2D eigenvalue weighted by atomic mass is 32.1. The van der Waals surface area contributed by atoms with Gasteiger partial charge in [-0.25, -0.2) is 9.97 Å². The molecule has 0 spiro atoms. The normalized spacial score (nSPS) is 11.5. The van der Waals surface area contributed by atoms with Crippen molar-refractivity contribution < 1.29 is 0 Å². The predicted octanol–water partition coefficient (Wildman–Crippen LogP) is 3.84. The number of thiophene rings is 1. The van der Waals surface area contributed by atoms with Gasteiger partial charge in [-0.2, -0.15) is 11.3 Å². The van der Waals surface area contributed by atoms with Crippen LogP contribution in [-0.2, 0) is 11.8 Å². The zero-order valence-electron chi connectivity index (χ0n) is 13.4. The molecule has 0 radical (unpaired) electrons. The molecular formula is C16H24N4S. The average Bonchev–Trinajstić information content (AvgIpc) is 2.92. The zero-order chi connectivity index (χ0) is 15.5. The van der Waals surface area contributed by atoms with Gasteiger partial charge in [0.1, 0.15) is 17.5 Å². The molecule has 2 aromatic rings. The number of nitrogens with one attached hydrogen (secondary N) is 2. The molecule has 0 amide bonds. The SMILES string of the molecule is CNc1nc(C(C)(C)C)nc(NCCc2ccsc2)c1C. The minimum Gasteiger partial charge on any atom is -0.373 e. The third-order valence-electron chi connectivity index (χ3n) is 3.34. The van der Waals surface area contributed by atoms with Crippen LogP contribution < -0.4 is 10.6 Å². The maximum Gasteiger partial charge on any atom is 0.138 e. The maximum absolute atomic E-state index is 4.71. The molecule has 114 valence electrons. The summed E-state index contributed by atoms with van der Waals surface area (Å²) < 4.78 is 0. The number of aromatic nitrogens is 2. The molecule has 0 saturated heterocycles. The fourth-order valence-corrected chi connectivity index (χ4v) is 2.73. The van der Waals surface area contributed by atoms with Crippen LogP contribution in [0.5, 0.6) is 0 Å². The number of hydrogen-bond donors (Lipinski definition) is 2. The highest BCUT2D eigenvalue weighted by molar-refractivity contribution is 7.07. The van der Waals surface area contributed by atoms with Gasteiger partial charge in [-0.3, -0.25) is 0 Å². The topological polar surface area (TPSA) is 49.8 Å². The van der Waals surface area contributed by atoms with Crippen molar-refractivity contribution in [3.63, 3.8) is 0 Å². The first-order chi connectivity index (χ1) is 9.91. The number of anilines is 2. The molecule has 0 unspecified atom stereocenters. The Morgan fingerprint density at radius 3 is 2.48 bits per heavy atom. The van der Waals surface area contributed by atoms with Gasteiger partial charge in [0.05, 0.1) is 0 Å². The van der Waals surface area contributed by atoms with Crippen LogP contribution in [0.1, 0.15) is 37.7 Å². The molecule has 2 N–H and O–H groups in total. The lowest BCUT2D eigenvalue weighted by atomic mass is 9.95. The van der Waals surface area contributed by atoms with Crippen LogP contribution >= 0.6 is 11.3 Å². The molecular weight excluding hydrogens is 280 g/mol. The molecule has 0 bridgehead atoms. The van der Waals surface area contributed by atoms with Crippen molar-refractivity contribution >= 4 is 23.0 Å². The smallest absolute Gasteiger partial charge is 0.138 e. The van der Waals surface area contributed by atoms with Crippen molar-refractivity contribution in [3.8, 4) is 0 Å². The van der Waals surface area contributed by atoms with Crippen LogP contribution in [0.25, 0.3) is 0 Å². The molecule has 2 aromatic heterocycles. The van der Waals surface area contributed by atoms with Crippen LogP contribution in [0, 0.1) is 6.92 Å². The fraction of sp³-hybridized carbons (Fsp3) is 0.500. The lowest BCUT2D eigenvalue weighted by Gasteiger charge is -2.20. The number of hydrogen-bond acceptors (Lipinski definition) is 5. The summed E-state index contributed by atoms with van der Waals surface area (Å²) in [6.07, 6.45) is 1.01. The van der Waals surface area contributed by atoms with E-state index in [-0.39, 0.29) is 5.41 Å². The van der Waals surface area contributed by atoms with Crippen LogP contribution in [-0.4, -0.2) is 23.6 Å². The molecule has 4 nitrogen and oxygen atoms in total. The van der Waals surface area contributed by atoms with Gasteiger partial charge in [-0.05, 0) is 35.7 Å². The molecule has 0 aliphatic heterocycles. The Morgan fingerprint density at radius 1 is 1.19 bits per heavy atom. The standard InChI is InChI=1S/C16H24N4S/c1-11-13(17-5)19-15(16(2,3)4)20-14(11)18-8-6-12-7-9-21-10-12/h7,9-10H,6,8H2,1-5H3,(H2,17,18,19,20). The second kappa shape index (κ2) is 6.43. The summed E-state index contributed by atoms with van der Waals surface area (Å²) in [5.41, 5.74) is 2.36. The summed E-state index contributed by atoms with van der Waals surface area (Å²) in [4.78, 5) is 9.33. The van der Waals surface area contributed by atoms with E-state index in [1.165, 1.54) is 5.56 Å². The Hall–Kier alpha value is -1.62. The lowest BCUT2D eigenvalue weighted by Crippen LogP contribution is -2.20. The summed E-state index contributed by atoms with van der Waals surface area (Å²) in [6, 6.07) is 2.17. The van der Waals surface area contributed by atoms with E-state index in [2.05, 4.69) is 53.2 Å². The first kappa shape index (κ1) is 15.8. The van der Waals surface area contributed by atoms with Crippen LogP contribution in [0.2, 0.25) is 0 Å². The number of rotatable bonds is 5. The molecule has 5 heteroatoms. The molecule has 2 rings (SSSR count). The molecule has 21 heavy (non-hydrogen) atoms. The van der Waals surface area contributed by atoms with Crippen molar-refractivity contribution in [1.29, 1.82) is 0 Å². The first-order valence-corrected chi connectivity index (χ1v) is 8.18. The van der Waals surface area contributed by atoms with Crippen molar-refractivity contribution in [2.24, 2.45) is 0 Å². The van der Waals surface area contributed by atoms with Gasteiger partial charge in [0, 0.05) is 24.6 Å². The summed E-state index contributed by atoms with van der Waals surface area (Å²) >= 11 is 1.74. The Balaban J connectivity index is 2.17. The summed E-state index contributed by atoms with van der Waals surface area (Å²) in [5, 5.41) is 10.9. The third-order valence-corrected chi connectivity index (χ3v) is 4.07. The van der Waals surface area contributed by atoms with Crippen molar-refractivity contribution in [2.45, 2.75) is 39.5 Å². The minimum atomic E-state index is -0.0664. The van der Waals surface area contributed by atoms with Crippen molar-refractivity contribution in [3.05, 3.63) is 33.8 Å². The van der Waals surface area contributed by atoms with E-state index in [0.29, 0.717) is 0 Å². The summed E-state index contributed by atoms with van der Waals surface area (Å²) in [5.74, 6) is 2.68. The Bertz CT molecular complexity index is 585. The second-order valence-electron chi connectivity index (χ2n) is 6.18. The van der Waals surface area contributed by atoms with Crippen LogP contribution in [0.4, 0.5) is 11.6 Å². The van der Waals surface area contributed by atoms with Gasteiger partial charge in [0.2, 0.25) is 0 Å². The quantitative estimate of drug-likeness (QED) is 0.881. The van der Waals surface area contributed by atoms with Crippen LogP contribution in [0.15, 0.2) is 16.8 Å². The Labute approximate surface area is 131 Å².